The fourth-order valence-corrected chi connectivity index (χ4v) is 2.24. The number of nitrogens with zero attached hydrogens (tertiary/aromatic N) is 2. The molecule has 0 N–H and O–H groups in total. The lowest BCUT2D eigenvalue weighted by molar-refractivity contribution is 0.630. The van der Waals surface area contributed by atoms with Gasteiger partial charge in [-0.1, -0.05) is 30.3 Å². The lowest BCUT2D eigenvalue weighted by Crippen LogP contribution is -1.93. The minimum atomic E-state index is -0.312. The van der Waals surface area contributed by atoms with Gasteiger partial charge in [0.2, 0.25) is 0 Å². The summed E-state index contributed by atoms with van der Waals surface area (Å²) in [4.78, 5) is 4.21. The molecule has 0 aliphatic heterocycles. The Balaban J connectivity index is 1.90. The van der Waals surface area contributed by atoms with E-state index in [0.29, 0.717) is 5.69 Å². The molecule has 0 aliphatic carbocycles. The number of para-hydroxylation sites is 2. The van der Waals surface area contributed by atoms with E-state index < -0.39 is 0 Å². The van der Waals surface area contributed by atoms with Crippen LogP contribution in [0.2, 0.25) is 0 Å². The summed E-state index contributed by atoms with van der Waals surface area (Å²) in [6, 6.07) is 18.6. The van der Waals surface area contributed by atoms with Crippen LogP contribution in [0.25, 0.3) is 5.69 Å². The summed E-state index contributed by atoms with van der Waals surface area (Å²) < 4.78 is 15.6. The monoisotopic (exact) mass is 278 g/mol. The average Bonchev–Trinajstić information content (AvgIpc) is 2.88. The van der Waals surface area contributed by atoms with Gasteiger partial charge in [0.15, 0.2) is 0 Å². The predicted octanol–water partition coefficient (Wildman–Crippen LogP) is 4.68. The van der Waals surface area contributed by atoms with Crippen molar-refractivity contribution in [2.75, 3.05) is 0 Å². The molecule has 3 rings (SSSR count). The van der Waals surface area contributed by atoms with E-state index in [2.05, 4.69) is 9.56 Å². The third-order valence-corrected chi connectivity index (χ3v) is 3.27. The molecule has 0 aliphatic rings. The molecule has 1 heterocycles. The molecule has 0 saturated carbocycles. The van der Waals surface area contributed by atoms with Crippen molar-refractivity contribution in [2.45, 2.75) is 6.92 Å². The Hall–Kier alpha value is -2.68. The van der Waals surface area contributed by atoms with Crippen LogP contribution in [-0.2, 0) is 0 Å². The second-order valence-corrected chi connectivity index (χ2v) is 4.83. The quantitative estimate of drug-likeness (QED) is 0.619. The molecule has 1 aromatic heterocycles. The lowest BCUT2D eigenvalue weighted by atomic mass is 10.3. The van der Waals surface area contributed by atoms with E-state index >= 15 is 0 Å². The molecule has 2 nitrogen and oxygen atoms in total. The molecule has 0 amide bonds. The maximum absolute atomic E-state index is 13.5. The standard InChI is InChI=1S/C18H15FN2/c1-14-11-15(12-20-18-10-6-5-9-17(18)19)13-21(14)16-7-3-2-4-8-16/h2-13H,1H3. The minimum absolute atomic E-state index is 0.312. The largest absolute Gasteiger partial charge is 0.321 e. The van der Waals surface area contributed by atoms with Crippen LogP contribution in [-0.4, -0.2) is 10.8 Å². The van der Waals surface area contributed by atoms with Crippen molar-refractivity contribution in [2.24, 2.45) is 4.99 Å². The molecule has 21 heavy (non-hydrogen) atoms. The second kappa shape index (κ2) is 5.75. The highest BCUT2D eigenvalue weighted by atomic mass is 19.1. The average molecular weight is 278 g/mol. The molecule has 3 aromatic rings. The zero-order valence-corrected chi connectivity index (χ0v) is 11.7. The van der Waals surface area contributed by atoms with Crippen LogP contribution in [0, 0.1) is 12.7 Å². The van der Waals surface area contributed by atoms with Gasteiger partial charge in [0.1, 0.15) is 5.82 Å². The van der Waals surface area contributed by atoms with E-state index in [4.69, 9.17) is 0 Å². The van der Waals surface area contributed by atoms with Crippen LogP contribution in [0.3, 0.4) is 0 Å². The fourth-order valence-electron chi connectivity index (χ4n) is 2.24. The number of aromatic nitrogens is 1. The summed E-state index contributed by atoms with van der Waals surface area (Å²) in [5.74, 6) is -0.312. The van der Waals surface area contributed by atoms with Gasteiger partial charge in [-0.2, -0.15) is 0 Å². The summed E-state index contributed by atoms with van der Waals surface area (Å²) >= 11 is 0. The van der Waals surface area contributed by atoms with Crippen molar-refractivity contribution in [3.8, 4) is 5.69 Å². The van der Waals surface area contributed by atoms with Crippen LogP contribution in [0.15, 0.2) is 71.9 Å². The Morgan fingerprint density at radius 1 is 1.00 bits per heavy atom. The first-order valence-electron chi connectivity index (χ1n) is 6.77. The SMILES string of the molecule is Cc1cc(C=Nc2ccccc2F)cn1-c1ccccc1. The van der Waals surface area contributed by atoms with Crippen molar-refractivity contribution in [1.82, 2.24) is 4.57 Å². The molecule has 0 unspecified atom stereocenters. The molecular formula is C18H15FN2. The van der Waals surface area contributed by atoms with Crippen LogP contribution in [0.1, 0.15) is 11.3 Å². The van der Waals surface area contributed by atoms with E-state index in [0.717, 1.165) is 16.9 Å². The Labute approximate surface area is 123 Å². The number of benzene rings is 2. The smallest absolute Gasteiger partial charge is 0.148 e. The van der Waals surface area contributed by atoms with Gasteiger partial charge in [-0.25, -0.2) is 4.39 Å². The summed E-state index contributed by atoms with van der Waals surface area (Å²) in [6.07, 6.45) is 3.68. The topological polar surface area (TPSA) is 17.3 Å². The molecule has 0 radical (unpaired) electrons. The van der Waals surface area contributed by atoms with Crippen LogP contribution >= 0.6 is 0 Å². The zero-order valence-electron chi connectivity index (χ0n) is 11.7. The minimum Gasteiger partial charge on any atom is -0.321 e. The van der Waals surface area contributed by atoms with Gasteiger partial charge in [-0.05, 0) is 37.3 Å². The number of hydrogen-bond donors (Lipinski definition) is 0. The first kappa shape index (κ1) is 13.3. The first-order valence-corrected chi connectivity index (χ1v) is 6.77. The number of aliphatic imine (C=N–C) groups is 1. The molecule has 0 fully saturated rings. The highest BCUT2D eigenvalue weighted by molar-refractivity contribution is 5.82. The van der Waals surface area contributed by atoms with Gasteiger partial charge in [0.05, 0.1) is 5.69 Å². The third kappa shape index (κ3) is 2.92. The Morgan fingerprint density at radius 3 is 2.48 bits per heavy atom. The molecule has 0 bridgehead atoms. The lowest BCUT2D eigenvalue weighted by Gasteiger charge is -2.04. The van der Waals surface area contributed by atoms with Crippen LogP contribution < -0.4 is 0 Å². The van der Waals surface area contributed by atoms with Gasteiger partial charge in [-0.15, -0.1) is 0 Å². The van der Waals surface area contributed by atoms with E-state index in [9.17, 15) is 4.39 Å². The number of aryl methyl sites for hydroxylation is 1. The number of rotatable bonds is 3. The normalized spacial score (nSPS) is 11.1. The molecule has 104 valence electrons. The summed E-state index contributed by atoms with van der Waals surface area (Å²) in [6.45, 7) is 2.04. The molecule has 2 aromatic carbocycles. The summed E-state index contributed by atoms with van der Waals surface area (Å²) in [7, 11) is 0. The number of hydrogen-bond acceptors (Lipinski definition) is 1. The van der Waals surface area contributed by atoms with Crippen LogP contribution in [0.4, 0.5) is 10.1 Å². The maximum atomic E-state index is 13.5. The molecule has 0 spiro atoms. The zero-order chi connectivity index (χ0) is 14.7. The molecule has 3 heteroatoms. The van der Waals surface area contributed by atoms with Crippen molar-refractivity contribution in [1.29, 1.82) is 0 Å². The van der Waals surface area contributed by atoms with Gasteiger partial charge < -0.3 is 4.57 Å². The van der Waals surface area contributed by atoms with Crippen LogP contribution in [0.5, 0.6) is 0 Å². The van der Waals surface area contributed by atoms with E-state index in [1.54, 1.807) is 24.4 Å². The highest BCUT2D eigenvalue weighted by Gasteiger charge is 2.03. The van der Waals surface area contributed by atoms with Crippen molar-refractivity contribution in [3.63, 3.8) is 0 Å². The van der Waals surface area contributed by atoms with E-state index in [1.165, 1.54) is 6.07 Å². The van der Waals surface area contributed by atoms with Gasteiger partial charge in [0.25, 0.3) is 0 Å². The number of halogens is 1. The molecule has 0 saturated heterocycles. The van der Waals surface area contributed by atoms with Crippen molar-refractivity contribution >= 4 is 11.9 Å². The van der Waals surface area contributed by atoms with E-state index in [-0.39, 0.29) is 5.82 Å². The van der Waals surface area contributed by atoms with Crippen molar-refractivity contribution in [3.05, 3.63) is 83.9 Å². The predicted molar refractivity (Wildman–Crippen MR) is 84.2 cm³/mol. The summed E-state index contributed by atoms with van der Waals surface area (Å²) in [5.41, 5.74) is 3.50. The second-order valence-electron chi connectivity index (χ2n) is 4.83. The molecule has 0 atom stereocenters. The van der Waals surface area contributed by atoms with Gasteiger partial charge >= 0.3 is 0 Å². The summed E-state index contributed by atoms with van der Waals surface area (Å²) in [5, 5.41) is 0. The van der Waals surface area contributed by atoms with E-state index in [1.807, 2.05) is 49.5 Å². The fraction of sp³-hybridized carbons (Fsp3) is 0.0556. The van der Waals surface area contributed by atoms with Gasteiger partial charge in [-0.3, -0.25) is 4.99 Å². The van der Waals surface area contributed by atoms with Gasteiger partial charge in [0, 0.05) is 29.4 Å². The Morgan fingerprint density at radius 2 is 1.71 bits per heavy atom. The maximum Gasteiger partial charge on any atom is 0.148 e. The molecular weight excluding hydrogens is 263 g/mol. The third-order valence-electron chi connectivity index (χ3n) is 3.27. The Bertz CT molecular complexity index is 773. The van der Waals surface area contributed by atoms with Crippen molar-refractivity contribution < 1.29 is 4.39 Å². The highest BCUT2D eigenvalue weighted by Crippen LogP contribution is 2.18. The Kier molecular flexibility index (Phi) is 3.65. The first-order chi connectivity index (χ1) is 10.2.